The number of nitrogens with zero attached hydrogens (tertiary/aromatic N) is 1. The number of methoxy groups -OCH3 is 1. The molecule has 0 amide bonds. The molecule has 0 N–H and O–H groups in total. The van der Waals surface area contributed by atoms with Crippen LogP contribution in [0.5, 0.6) is 0 Å². The van der Waals surface area contributed by atoms with Crippen molar-refractivity contribution in [3.63, 3.8) is 0 Å². The predicted molar refractivity (Wildman–Crippen MR) is 75.7 cm³/mol. The molecule has 2 rings (SSSR count). The Kier molecular flexibility index (Phi) is 4.79. The number of ether oxygens (including phenoxy) is 1. The fourth-order valence-corrected chi connectivity index (χ4v) is 3.01. The third-order valence-electron chi connectivity index (χ3n) is 3.99. The minimum Gasteiger partial charge on any atom is -0.362 e. The van der Waals surface area contributed by atoms with Crippen LogP contribution < -0.4 is 0 Å². The van der Waals surface area contributed by atoms with Crippen LogP contribution in [0.3, 0.4) is 0 Å². The number of benzene rings is 1. The zero-order valence-electron chi connectivity index (χ0n) is 11.9. The Hall–Kier alpha value is -0.860. The molecule has 1 unspecified atom stereocenters. The molecule has 0 aromatic heterocycles. The van der Waals surface area contributed by atoms with Crippen LogP contribution in [0.25, 0.3) is 0 Å². The molecule has 1 aliphatic rings. The summed E-state index contributed by atoms with van der Waals surface area (Å²) in [5.74, 6) is 0.785. The van der Waals surface area contributed by atoms with Crippen LogP contribution in [0.1, 0.15) is 55.4 Å². The van der Waals surface area contributed by atoms with E-state index in [-0.39, 0.29) is 6.23 Å². The van der Waals surface area contributed by atoms with E-state index in [2.05, 4.69) is 29.2 Å². The van der Waals surface area contributed by atoms with E-state index in [1.165, 1.54) is 43.2 Å². The Labute approximate surface area is 111 Å². The van der Waals surface area contributed by atoms with E-state index >= 15 is 0 Å². The second kappa shape index (κ2) is 6.35. The van der Waals surface area contributed by atoms with Gasteiger partial charge in [-0.25, -0.2) is 0 Å². The summed E-state index contributed by atoms with van der Waals surface area (Å²) in [5.41, 5.74) is 2.74. The first-order valence-electron chi connectivity index (χ1n) is 7.01. The molecule has 0 aliphatic heterocycles. The highest BCUT2D eigenvalue weighted by Crippen LogP contribution is 2.33. The summed E-state index contributed by atoms with van der Waals surface area (Å²) in [4.78, 5) is 2.09. The molecule has 1 aromatic carbocycles. The molecule has 1 fully saturated rings. The molecule has 2 nitrogen and oxygen atoms in total. The van der Waals surface area contributed by atoms with Gasteiger partial charge in [0.1, 0.15) is 6.23 Å². The van der Waals surface area contributed by atoms with Crippen LogP contribution in [0.4, 0.5) is 0 Å². The number of rotatable bonds is 4. The van der Waals surface area contributed by atoms with Gasteiger partial charge in [-0.2, -0.15) is 0 Å². The van der Waals surface area contributed by atoms with Crippen molar-refractivity contribution >= 4 is 0 Å². The topological polar surface area (TPSA) is 12.5 Å². The normalized spacial score (nSPS) is 19.1. The standard InChI is InChI=1S/C16H25NO/c1-17(2)16(18-3)15-11-9-14(10-12-15)13-7-5-4-6-8-13/h9-13,16H,4-8H2,1-3H3. The van der Waals surface area contributed by atoms with Gasteiger partial charge in [-0.3, -0.25) is 4.90 Å². The van der Waals surface area contributed by atoms with Gasteiger partial charge in [0, 0.05) is 7.11 Å². The average molecular weight is 247 g/mol. The molecule has 0 radical (unpaired) electrons. The van der Waals surface area contributed by atoms with Gasteiger partial charge >= 0.3 is 0 Å². The maximum Gasteiger partial charge on any atom is 0.135 e. The maximum atomic E-state index is 5.51. The van der Waals surface area contributed by atoms with E-state index in [4.69, 9.17) is 4.74 Å². The SMILES string of the molecule is COC(c1ccc(C2CCCCC2)cc1)N(C)C. The molecular weight excluding hydrogens is 222 g/mol. The summed E-state index contributed by atoms with van der Waals surface area (Å²) in [6.07, 6.45) is 6.99. The van der Waals surface area contributed by atoms with Crippen LogP contribution in [-0.4, -0.2) is 26.1 Å². The Morgan fingerprint density at radius 3 is 2.17 bits per heavy atom. The van der Waals surface area contributed by atoms with Crippen LogP contribution >= 0.6 is 0 Å². The Morgan fingerprint density at radius 1 is 1.06 bits per heavy atom. The van der Waals surface area contributed by atoms with Crippen molar-refractivity contribution in [1.82, 2.24) is 4.90 Å². The van der Waals surface area contributed by atoms with E-state index in [9.17, 15) is 0 Å². The fraction of sp³-hybridized carbons (Fsp3) is 0.625. The summed E-state index contributed by atoms with van der Waals surface area (Å²) in [6.45, 7) is 0. The lowest BCUT2D eigenvalue weighted by Gasteiger charge is -2.25. The maximum absolute atomic E-state index is 5.51. The largest absolute Gasteiger partial charge is 0.362 e. The van der Waals surface area contributed by atoms with E-state index in [0.717, 1.165) is 5.92 Å². The van der Waals surface area contributed by atoms with Crippen LogP contribution in [0.15, 0.2) is 24.3 Å². The Bertz CT molecular complexity index is 352. The van der Waals surface area contributed by atoms with Gasteiger partial charge in [0.15, 0.2) is 0 Å². The molecule has 18 heavy (non-hydrogen) atoms. The summed E-state index contributed by atoms with van der Waals surface area (Å²) in [6, 6.07) is 9.03. The van der Waals surface area contributed by atoms with Gasteiger partial charge in [-0.1, -0.05) is 43.5 Å². The summed E-state index contributed by atoms with van der Waals surface area (Å²) in [7, 11) is 5.85. The molecule has 1 aromatic rings. The lowest BCUT2D eigenvalue weighted by Crippen LogP contribution is -2.21. The highest BCUT2D eigenvalue weighted by atomic mass is 16.5. The van der Waals surface area contributed by atoms with Crippen molar-refractivity contribution < 1.29 is 4.74 Å². The van der Waals surface area contributed by atoms with Gasteiger partial charge in [0.25, 0.3) is 0 Å². The zero-order valence-corrected chi connectivity index (χ0v) is 11.9. The third kappa shape index (κ3) is 3.12. The van der Waals surface area contributed by atoms with Gasteiger partial charge < -0.3 is 4.74 Å². The zero-order chi connectivity index (χ0) is 13.0. The first-order valence-corrected chi connectivity index (χ1v) is 7.01. The van der Waals surface area contributed by atoms with Gasteiger partial charge in [-0.05, 0) is 44.0 Å². The van der Waals surface area contributed by atoms with Crippen LogP contribution in [0, 0.1) is 0 Å². The van der Waals surface area contributed by atoms with Gasteiger partial charge in [0.05, 0.1) is 0 Å². The smallest absolute Gasteiger partial charge is 0.135 e. The van der Waals surface area contributed by atoms with Crippen LogP contribution in [0.2, 0.25) is 0 Å². The molecule has 0 spiro atoms. The minimum absolute atomic E-state index is 0.0606. The lowest BCUT2D eigenvalue weighted by atomic mass is 9.84. The van der Waals surface area contributed by atoms with E-state index in [1.807, 2.05) is 14.1 Å². The quantitative estimate of drug-likeness (QED) is 0.747. The monoisotopic (exact) mass is 247 g/mol. The second-order valence-electron chi connectivity index (χ2n) is 5.55. The van der Waals surface area contributed by atoms with Crippen molar-refractivity contribution in [3.05, 3.63) is 35.4 Å². The third-order valence-corrected chi connectivity index (χ3v) is 3.99. The molecule has 1 atom stereocenters. The van der Waals surface area contributed by atoms with Gasteiger partial charge in [-0.15, -0.1) is 0 Å². The van der Waals surface area contributed by atoms with Crippen molar-refractivity contribution in [1.29, 1.82) is 0 Å². The predicted octanol–water partition coefficient (Wildman–Crippen LogP) is 3.94. The first-order chi connectivity index (χ1) is 8.72. The highest BCUT2D eigenvalue weighted by molar-refractivity contribution is 5.27. The fourth-order valence-electron chi connectivity index (χ4n) is 3.01. The van der Waals surface area contributed by atoms with E-state index in [1.54, 1.807) is 7.11 Å². The second-order valence-corrected chi connectivity index (χ2v) is 5.55. The first kappa shape index (κ1) is 13.6. The van der Waals surface area contributed by atoms with Crippen molar-refractivity contribution in [2.75, 3.05) is 21.2 Å². The molecule has 1 saturated carbocycles. The van der Waals surface area contributed by atoms with E-state index < -0.39 is 0 Å². The number of hydrogen-bond donors (Lipinski definition) is 0. The molecule has 1 aliphatic carbocycles. The molecule has 0 heterocycles. The Balaban J connectivity index is 2.08. The number of hydrogen-bond acceptors (Lipinski definition) is 2. The summed E-state index contributed by atoms with van der Waals surface area (Å²) < 4.78 is 5.51. The molecule has 100 valence electrons. The Morgan fingerprint density at radius 2 is 1.67 bits per heavy atom. The molecular formula is C16H25NO. The molecule has 0 bridgehead atoms. The van der Waals surface area contributed by atoms with Gasteiger partial charge in [0.2, 0.25) is 0 Å². The summed E-state index contributed by atoms with van der Waals surface area (Å²) >= 11 is 0. The van der Waals surface area contributed by atoms with Crippen molar-refractivity contribution in [2.24, 2.45) is 0 Å². The molecule has 2 heteroatoms. The summed E-state index contributed by atoms with van der Waals surface area (Å²) in [5, 5.41) is 0. The highest BCUT2D eigenvalue weighted by Gasteiger charge is 2.17. The van der Waals surface area contributed by atoms with Crippen molar-refractivity contribution in [3.8, 4) is 0 Å². The average Bonchev–Trinajstić information content (AvgIpc) is 2.41. The van der Waals surface area contributed by atoms with Crippen molar-refractivity contribution in [2.45, 2.75) is 44.2 Å². The minimum atomic E-state index is 0.0606. The molecule has 0 saturated heterocycles. The van der Waals surface area contributed by atoms with Crippen LogP contribution in [-0.2, 0) is 4.74 Å². The lowest BCUT2D eigenvalue weighted by molar-refractivity contribution is -0.00541. The van der Waals surface area contributed by atoms with E-state index in [0.29, 0.717) is 0 Å².